The van der Waals surface area contributed by atoms with Gasteiger partial charge in [0.05, 0.1) is 18.4 Å². The summed E-state index contributed by atoms with van der Waals surface area (Å²) in [6, 6.07) is 0. The summed E-state index contributed by atoms with van der Waals surface area (Å²) < 4.78 is 5.51. The van der Waals surface area contributed by atoms with E-state index in [1.807, 2.05) is 5.38 Å². The molecular weight excluding hydrogens is 252 g/mol. The molecule has 0 aromatic carbocycles. The van der Waals surface area contributed by atoms with E-state index >= 15 is 0 Å². The number of hydrogen-bond acceptors (Lipinski definition) is 6. The maximum absolute atomic E-state index is 10.9. The maximum Gasteiger partial charge on any atom is 0.223 e. The van der Waals surface area contributed by atoms with E-state index in [0.29, 0.717) is 18.3 Å². The SMILES string of the molecule is CC(=O)Nc1nc(CN2CCOC(CN)C2)cs1. The monoisotopic (exact) mass is 270 g/mol. The molecule has 0 aliphatic carbocycles. The van der Waals surface area contributed by atoms with Crippen LogP contribution < -0.4 is 11.1 Å². The fourth-order valence-electron chi connectivity index (χ4n) is 1.88. The molecule has 1 unspecified atom stereocenters. The Morgan fingerprint density at radius 3 is 3.33 bits per heavy atom. The molecule has 1 fully saturated rings. The van der Waals surface area contributed by atoms with E-state index in [4.69, 9.17) is 10.5 Å². The number of rotatable bonds is 4. The topological polar surface area (TPSA) is 80.5 Å². The van der Waals surface area contributed by atoms with Crippen LogP contribution in [0.1, 0.15) is 12.6 Å². The Kier molecular flexibility index (Phi) is 4.65. The summed E-state index contributed by atoms with van der Waals surface area (Å²) in [5, 5.41) is 5.31. The third-order valence-electron chi connectivity index (χ3n) is 2.71. The van der Waals surface area contributed by atoms with E-state index in [-0.39, 0.29) is 12.0 Å². The Morgan fingerprint density at radius 1 is 1.78 bits per heavy atom. The Hall–Kier alpha value is -1.02. The Bertz CT molecular complexity index is 410. The number of carbonyl (C=O) groups excluding carboxylic acids is 1. The van der Waals surface area contributed by atoms with Crippen molar-refractivity contribution in [2.75, 3.05) is 31.6 Å². The number of carbonyl (C=O) groups is 1. The lowest BCUT2D eigenvalue weighted by Gasteiger charge is -2.31. The fourth-order valence-corrected chi connectivity index (χ4v) is 2.63. The smallest absolute Gasteiger partial charge is 0.223 e. The van der Waals surface area contributed by atoms with E-state index in [0.717, 1.165) is 25.3 Å². The molecule has 0 saturated carbocycles. The normalized spacial score (nSPS) is 20.9. The lowest BCUT2D eigenvalue weighted by molar-refractivity contribution is -0.114. The summed E-state index contributed by atoms with van der Waals surface area (Å²) in [6.07, 6.45) is 0.118. The van der Waals surface area contributed by atoms with Gasteiger partial charge in [-0.3, -0.25) is 9.69 Å². The molecule has 1 aromatic heterocycles. The molecule has 2 heterocycles. The quantitative estimate of drug-likeness (QED) is 0.820. The van der Waals surface area contributed by atoms with E-state index in [2.05, 4.69) is 15.2 Å². The van der Waals surface area contributed by atoms with Crippen molar-refractivity contribution < 1.29 is 9.53 Å². The van der Waals surface area contributed by atoms with Gasteiger partial charge in [-0.05, 0) is 0 Å². The largest absolute Gasteiger partial charge is 0.374 e. The molecule has 1 atom stereocenters. The van der Waals surface area contributed by atoms with Gasteiger partial charge in [0.1, 0.15) is 0 Å². The minimum atomic E-state index is -0.0922. The van der Waals surface area contributed by atoms with Crippen LogP contribution in [0.3, 0.4) is 0 Å². The van der Waals surface area contributed by atoms with E-state index < -0.39 is 0 Å². The number of nitrogens with zero attached hydrogens (tertiary/aromatic N) is 2. The minimum absolute atomic E-state index is 0.0922. The van der Waals surface area contributed by atoms with Crippen molar-refractivity contribution in [2.24, 2.45) is 5.73 Å². The molecule has 18 heavy (non-hydrogen) atoms. The van der Waals surface area contributed by atoms with Crippen molar-refractivity contribution in [2.45, 2.75) is 19.6 Å². The number of amides is 1. The number of ether oxygens (including phenoxy) is 1. The third-order valence-corrected chi connectivity index (χ3v) is 3.51. The van der Waals surface area contributed by atoms with Gasteiger partial charge in [-0.25, -0.2) is 4.98 Å². The van der Waals surface area contributed by atoms with Gasteiger partial charge >= 0.3 is 0 Å². The molecular formula is C11H18N4O2S. The highest BCUT2D eigenvalue weighted by molar-refractivity contribution is 7.13. The Balaban J connectivity index is 1.88. The van der Waals surface area contributed by atoms with Crippen LogP contribution in [0.2, 0.25) is 0 Å². The first-order chi connectivity index (χ1) is 8.67. The van der Waals surface area contributed by atoms with Crippen LogP contribution in [0.15, 0.2) is 5.38 Å². The highest BCUT2D eigenvalue weighted by Crippen LogP contribution is 2.17. The molecule has 1 aliphatic rings. The lowest BCUT2D eigenvalue weighted by Crippen LogP contribution is -2.45. The lowest BCUT2D eigenvalue weighted by atomic mass is 10.2. The molecule has 0 spiro atoms. The molecule has 0 bridgehead atoms. The molecule has 7 heteroatoms. The number of hydrogen-bond donors (Lipinski definition) is 2. The van der Waals surface area contributed by atoms with Crippen LogP contribution in [0.4, 0.5) is 5.13 Å². The van der Waals surface area contributed by atoms with Crippen LogP contribution >= 0.6 is 11.3 Å². The van der Waals surface area contributed by atoms with Gasteiger partial charge in [0.2, 0.25) is 5.91 Å². The molecule has 1 amide bonds. The van der Waals surface area contributed by atoms with Crippen LogP contribution in [-0.4, -0.2) is 48.1 Å². The standard InChI is InChI=1S/C11H18N4O2S/c1-8(16)13-11-14-9(7-18-11)5-15-2-3-17-10(4-12)6-15/h7,10H,2-6,12H2,1H3,(H,13,14,16). The van der Waals surface area contributed by atoms with E-state index in [9.17, 15) is 4.79 Å². The second-order valence-electron chi connectivity index (χ2n) is 4.29. The molecule has 1 saturated heterocycles. The van der Waals surface area contributed by atoms with Crippen molar-refractivity contribution >= 4 is 22.4 Å². The molecule has 1 aromatic rings. The molecule has 0 radical (unpaired) electrons. The minimum Gasteiger partial charge on any atom is -0.374 e. The molecule has 1 aliphatic heterocycles. The average molecular weight is 270 g/mol. The number of nitrogens with two attached hydrogens (primary N) is 1. The summed E-state index contributed by atoms with van der Waals surface area (Å²) in [6.45, 7) is 5.24. The van der Waals surface area contributed by atoms with E-state index in [1.54, 1.807) is 0 Å². The summed E-state index contributed by atoms with van der Waals surface area (Å²) in [4.78, 5) is 17.5. The van der Waals surface area contributed by atoms with Gasteiger partial charge in [-0.1, -0.05) is 0 Å². The van der Waals surface area contributed by atoms with Gasteiger partial charge in [-0.15, -0.1) is 11.3 Å². The number of anilines is 1. The Labute approximate surface area is 110 Å². The van der Waals surface area contributed by atoms with Crippen molar-refractivity contribution in [1.82, 2.24) is 9.88 Å². The van der Waals surface area contributed by atoms with Crippen molar-refractivity contribution in [3.63, 3.8) is 0 Å². The molecule has 100 valence electrons. The van der Waals surface area contributed by atoms with Gasteiger partial charge < -0.3 is 15.8 Å². The average Bonchev–Trinajstić information content (AvgIpc) is 2.76. The van der Waals surface area contributed by atoms with Gasteiger partial charge in [-0.2, -0.15) is 0 Å². The summed E-state index contributed by atoms with van der Waals surface area (Å²) in [7, 11) is 0. The fraction of sp³-hybridized carbons (Fsp3) is 0.636. The molecule has 3 N–H and O–H groups in total. The Morgan fingerprint density at radius 2 is 2.61 bits per heavy atom. The number of morpholine rings is 1. The zero-order chi connectivity index (χ0) is 13.0. The van der Waals surface area contributed by atoms with Crippen LogP contribution in [-0.2, 0) is 16.1 Å². The third kappa shape index (κ3) is 3.74. The van der Waals surface area contributed by atoms with Crippen molar-refractivity contribution in [3.8, 4) is 0 Å². The zero-order valence-corrected chi connectivity index (χ0v) is 11.2. The first-order valence-electron chi connectivity index (χ1n) is 5.93. The van der Waals surface area contributed by atoms with Gasteiger partial charge in [0.25, 0.3) is 0 Å². The highest BCUT2D eigenvalue weighted by atomic mass is 32.1. The van der Waals surface area contributed by atoms with Gasteiger partial charge in [0, 0.05) is 38.5 Å². The predicted molar refractivity (Wildman–Crippen MR) is 70.5 cm³/mol. The predicted octanol–water partition coefficient (Wildman–Crippen LogP) is 0.261. The first kappa shape index (κ1) is 13.4. The zero-order valence-electron chi connectivity index (χ0n) is 10.4. The van der Waals surface area contributed by atoms with E-state index in [1.165, 1.54) is 18.3 Å². The molecule has 2 rings (SSSR count). The molecule has 6 nitrogen and oxygen atoms in total. The highest BCUT2D eigenvalue weighted by Gasteiger charge is 2.19. The number of aromatic nitrogens is 1. The maximum atomic E-state index is 10.9. The van der Waals surface area contributed by atoms with Crippen LogP contribution in [0.5, 0.6) is 0 Å². The van der Waals surface area contributed by atoms with Crippen molar-refractivity contribution in [1.29, 1.82) is 0 Å². The van der Waals surface area contributed by atoms with Crippen LogP contribution in [0, 0.1) is 0 Å². The summed E-state index contributed by atoms with van der Waals surface area (Å²) >= 11 is 1.45. The van der Waals surface area contributed by atoms with Crippen molar-refractivity contribution in [3.05, 3.63) is 11.1 Å². The second kappa shape index (κ2) is 6.24. The first-order valence-corrected chi connectivity index (χ1v) is 6.81. The van der Waals surface area contributed by atoms with Crippen LogP contribution in [0.25, 0.3) is 0 Å². The number of nitrogens with one attached hydrogen (secondary N) is 1. The van der Waals surface area contributed by atoms with Gasteiger partial charge in [0.15, 0.2) is 5.13 Å². The second-order valence-corrected chi connectivity index (χ2v) is 5.15. The number of thiazole rings is 1. The summed E-state index contributed by atoms with van der Waals surface area (Å²) in [5.74, 6) is -0.0922. The summed E-state index contributed by atoms with van der Waals surface area (Å²) in [5.41, 5.74) is 6.58.